The average Bonchev–Trinajstić information content (AvgIpc) is 1.56. The largest absolute Gasteiger partial charge is 0.309 e. The maximum absolute atomic E-state index is 9.29. The zero-order valence-electron chi connectivity index (χ0n) is 98.0. The molecule has 11 heteroatoms. The molecule has 0 unspecified atom stereocenters. The van der Waals surface area contributed by atoms with Crippen molar-refractivity contribution in [3.63, 3.8) is 0 Å². The molecule has 15 aromatic carbocycles. The Hall–Kier alpha value is -17.7. The van der Waals surface area contributed by atoms with Gasteiger partial charge in [-0.2, -0.15) is 18.3 Å². The standard InChI is InChI=1S/C35H30N3.2C34H28N3.C31H29N2/c1-22-17-18-28-29-19-20-30(36-5)33(26-13-9-7-10-14-26)35(29)38(27-15-11-8-12-16-27)34(28)32(22)31-21-23(2)24(3)25(4)37(31)6;1-22-17-21-30(36(5)24(22)3)31-23(2)16-18-27-28-19-20-29(35-4)32(25-12-8-6-9-13-25)34(28)37(33(27)31)26-14-10-7-11-15-26;1-22-20-24(3)36(5)30(21-22)31-23(2)16-17-27-28-18-19-29(35-4)32(25-12-8-6-9-13-25)34(28)37(33(27)31)26-14-10-7-11-15-26;1-19-14-18-26(33(7)21(19)3)27-20(2)13-15-23-24-16-17-25(32-6)28(22-11-9-8-10-12-22)30(24)31(4,5)29(23)27/h7-21H,1-4,6H3;2*6-21H,1-3,5H3;8-18H,1-5,7H3/q4*+1/i3D3,21D;1D3,17D,21D;20D,21D;1D3. The lowest BCUT2D eigenvalue weighted by Crippen LogP contribution is -2.36. The number of fused-ring (bicyclic) bond motifs is 12. The molecular formula is C134H115N11+4. The van der Waals surface area contributed by atoms with Gasteiger partial charge in [0.1, 0.15) is 28.2 Å². The summed E-state index contributed by atoms with van der Waals surface area (Å²) in [5, 5.41) is 6.01. The number of aromatic nitrogens is 7. The molecule has 23 rings (SSSR count). The molecule has 702 valence electrons. The van der Waals surface area contributed by atoms with E-state index < -0.39 is 20.6 Å². The lowest BCUT2D eigenvalue weighted by atomic mass is 9.75. The van der Waals surface area contributed by atoms with Gasteiger partial charge in [-0.25, -0.2) is 19.4 Å². The summed E-state index contributed by atoms with van der Waals surface area (Å²) in [5.41, 5.74) is 37.3. The van der Waals surface area contributed by atoms with E-state index in [2.05, 4.69) is 164 Å². The van der Waals surface area contributed by atoms with Gasteiger partial charge in [-0.3, -0.25) is 0 Å². The number of hydrogen-bond acceptors (Lipinski definition) is 0. The van der Waals surface area contributed by atoms with Crippen molar-refractivity contribution in [2.45, 2.75) is 109 Å². The third-order valence-corrected chi connectivity index (χ3v) is 29.3. The van der Waals surface area contributed by atoms with Crippen LogP contribution in [-0.4, -0.2) is 13.7 Å². The lowest BCUT2D eigenvalue weighted by molar-refractivity contribution is -0.667. The van der Waals surface area contributed by atoms with Crippen molar-refractivity contribution in [3.05, 3.63) is 481 Å². The molecule has 145 heavy (non-hydrogen) atoms. The summed E-state index contributed by atoms with van der Waals surface area (Å²) in [6.07, 6.45) is 0. The fourth-order valence-corrected chi connectivity index (χ4v) is 21.8. The predicted octanol–water partition coefficient (Wildman–Crippen LogP) is 33.2. The Balaban J connectivity index is 0.000000127. The second kappa shape index (κ2) is 38.4. The second-order valence-electron chi connectivity index (χ2n) is 38.0. The van der Waals surface area contributed by atoms with E-state index in [1.807, 2.05) is 289 Å². The van der Waals surface area contributed by atoms with Gasteiger partial charge >= 0.3 is 0 Å². The third-order valence-electron chi connectivity index (χ3n) is 29.3. The number of aryl methyl sites for hydroxylation is 5. The van der Waals surface area contributed by atoms with Crippen LogP contribution in [0.25, 0.3) is 203 Å². The third kappa shape index (κ3) is 16.1. The van der Waals surface area contributed by atoms with Crippen LogP contribution in [-0.2, 0) is 33.6 Å². The minimum absolute atomic E-state index is 0.111. The summed E-state index contributed by atoms with van der Waals surface area (Å²) < 4.78 is 132. The van der Waals surface area contributed by atoms with E-state index in [9.17, 15) is 1.37 Å². The maximum atomic E-state index is 9.29. The van der Waals surface area contributed by atoms with Crippen LogP contribution in [0, 0.1) is 116 Å². The molecule has 0 spiro atoms. The van der Waals surface area contributed by atoms with Crippen molar-refractivity contribution < 1.29 is 37.5 Å². The molecule has 0 saturated heterocycles. The van der Waals surface area contributed by atoms with E-state index in [1.54, 1.807) is 31.5 Å². The Labute approximate surface area is 870 Å². The zero-order valence-corrected chi connectivity index (χ0v) is 84.0. The number of benzene rings is 15. The molecule has 0 fully saturated rings. The maximum Gasteiger partial charge on any atom is 0.215 e. The first-order chi connectivity index (χ1) is 75.9. The van der Waals surface area contributed by atoms with Crippen molar-refractivity contribution in [1.29, 1.82) is 0 Å². The number of nitrogens with zero attached hydrogens (tertiary/aromatic N) is 11. The topological polar surface area (TPSA) is 47.8 Å². The SMILES string of the molecule is [2H]C([2H])([2H])c1ccc(-c2c(C)ccc3c2C(C)(C)c2c-3ccc([N+]#[C-])c2-c2ccccc2)[n+](C)c1C.[2H]c1c(C)c(C([2H])([2H])[2H])c(C)[n+](C)c1-c1c(C)ccc2c3ccc([N+]#[C-])c(-c4ccccc4)c3n(-c3ccccc3)c12.[2H]c1c(C)c([2H])c(-c2c(C)ccc3c4ccc([N+]#[C-])c(-c5ccccc5)c4n(-c4ccccc4)c23)[n+](C)c1C.[2H]c1c([2H])c(-c2c(C)ccc3c4ccc([N+]#[C-])c(-c5ccccc5)c4n(-c4ccccc4)c23)[n+](C)c(C)c1C([2H])([2H])[2H]. The summed E-state index contributed by atoms with van der Waals surface area (Å²) in [6, 6.07) is 107. The van der Waals surface area contributed by atoms with Gasteiger partial charge in [0.2, 0.25) is 22.8 Å². The molecule has 0 radical (unpaired) electrons. The first kappa shape index (κ1) is 79.0. The lowest BCUT2D eigenvalue weighted by Gasteiger charge is -2.27. The van der Waals surface area contributed by atoms with Crippen molar-refractivity contribution >= 4 is 88.2 Å². The summed E-state index contributed by atoms with van der Waals surface area (Å²) in [5.74, 6) is 0. The molecule has 7 heterocycles. The van der Waals surface area contributed by atoms with E-state index in [0.29, 0.717) is 74.3 Å². The summed E-state index contributed by atoms with van der Waals surface area (Å²) in [4.78, 5) is 15.7. The fourth-order valence-electron chi connectivity index (χ4n) is 21.8. The van der Waals surface area contributed by atoms with Crippen molar-refractivity contribution in [2.24, 2.45) is 28.2 Å². The Morgan fingerprint density at radius 1 is 0.262 bits per heavy atom. The van der Waals surface area contributed by atoms with Crippen LogP contribution in [0.5, 0.6) is 0 Å². The minimum atomic E-state index is -2.52. The summed E-state index contributed by atoms with van der Waals surface area (Å²) >= 11 is 0. The van der Waals surface area contributed by atoms with Gasteiger partial charge in [0.05, 0.1) is 88.5 Å². The number of hydrogen-bond donors (Lipinski definition) is 0. The molecule has 1 aliphatic rings. The van der Waals surface area contributed by atoms with Crippen LogP contribution in [0.15, 0.2) is 352 Å². The summed E-state index contributed by atoms with van der Waals surface area (Å²) in [6.45, 7) is 48.6. The Morgan fingerprint density at radius 2 is 0.566 bits per heavy atom. The summed E-state index contributed by atoms with van der Waals surface area (Å²) in [7, 11) is 7.50. The Morgan fingerprint density at radius 3 is 0.959 bits per heavy atom. The van der Waals surface area contributed by atoms with E-state index in [0.717, 1.165) is 200 Å². The molecule has 0 bridgehead atoms. The smallest absolute Gasteiger partial charge is 0.215 e. The second-order valence-corrected chi connectivity index (χ2v) is 38.0. The highest BCUT2D eigenvalue weighted by atomic mass is 15.0. The molecular weight excluding hydrogens is 1760 g/mol. The van der Waals surface area contributed by atoms with Crippen LogP contribution < -0.4 is 18.3 Å². The van der Waals surface area contributed by atoms with Gasteiger partial charge in [0, 0.05) is 158 Å². The van der Waals surface area contributed by atoms with E-state index >= 15 is 0 Å². The van der Waals surface area contributed by atoms with Gasteiger partial charge in [-0.15, -0.1) is 0 Å². The van der Waals surface area contributed by atoms with Crippen LogP contribution in [0.1, 0.15) is 117 Å². The molecule has 0 N–H and O–H groups in total. The molecule has 1 aliphatic carbocycles. The van der Waals surface area contributed by atoms with Crippen LogP contribution in [0.4, 0.5) is 22.7 Å². The van der Waals surface area contributed by atoms with Crippen molar-refractivity contribution in [3.8, 4) is 118 Å². The molecule has 22 aromatic rings. The Bertz CT molecular complexity index is 9550. The van der Waals surface area contributed by atoms with Crippen LogP contribution >= 0.6 is 0 Å². The average molecular weight is 1890 g/mol. The highest BCUT2D eigenvalue weighted by Gasteiger charge is 2.43. The highest BCUT2D eigenvalue weighted by molar-refractivity contribution is 6.22. The molecule has 0 amide bonds. The first-order valence-corrected chi connectivity index (χ1v) is 48.4. The molecule has 11 nitrogen and oxygen atoms in total. The van der Waals surface area contributed by atoms with E-state index in [1.165, 1.54) is 16.7 Å². The van der Waals surface area contributed by atoms with E-state index in [-0.39, 0.29) is 34.7 Å². The molecule has 7 aromatic heterocycles. The fraction of sp³-hybridized carbons (Fsp3) is 0.149. The molecule has 0 aliphatic heterocycles. The molecule has 0 saturated carbocycles. The Kier molecular flexibility index (Phi) is 20.9. The van der Waals surface area contributed by atoms with Gasteiger partial charge in [-0.05, 0) is 194 Å². The quantitative estimate of drug-likeness (QED) is 0.0915. The van der Waals surface area contributed by atoms with Crippen LogP contribution in [0.2, 0.25) is 0 Å². The van der Waals surface area contributed by atoms with Gasteiger partial charge < -0.3 is 13.7 Å². The number of para-hydroxylation sites is 3. The monoisotopic (exact) mass is 1890 g/mol. The first-order valence-electron chi connectivity index (χ1n) is 55.4. The van der Waals surface area contributed by atoms with E-state index in [4.69, 9.17) is 44.1 Å². The zero-order chi connectivity index (χ0) is 113. The van der Waals surface area contributed by atoms with Crippen molar-refractivity contribution in [1.82, 2.24) is 13.7 Å². The highest BCUT2D eigenvalue weighted by Crippen LogP contribution is 2.59. The minimum Gasteiger partial charge on any atom is -0.309 e. The van der Waals surface area contributed by atoms with Gasteiger partial charge in [0.15, 0.2) is 45.5 Å². The number of rotatable bonds is 11. The normalized spacial score (nSPS) is 13.4. The molecule has 0 atom stereocenters. The van der Waals surface area contributed by atoms with Crippen LogP contribution in [0.3, 0.4) is 0 Å². The van der Waals surface area contributed by atoms with Gasteiger partial charge in [0.25, 0.3) is 0 Å². The predicted molar refractivity (Wildman–Crippen MR) is 601 cm³/mol. The van der Waals surface area contributed by atoms with Crippen molar-refractivity contribution in [2.75, 3.05) is 0 Å². The number of pyridine rings is 4. The van der Waals surface area contributed by atoms with Gasteiger partial charge in [-0.1, -0.05) is 287 Å².